The largest absolute Gasteiger partial charge is 0.363 e. The number of fused-ring (bicyclic) bond motifs is 1. The molecule has 1 heterocycles. The molecule has 29 heavy (non-hydrogen) atoms. The first-order valence-corrected chi connectivity index (χ1v) is 10.5. The molecule has 146 valence electrons. The minimum Gasteiger partial charge on any atom is -0.363 e. The van der Waals surface area contributed by atoms with Crippen LogP contribution in [0.3, 0.4) is 0 Å². The maximum atomic E-state index is 12.5. The maximum absolute atomic E-state index is 12.5. The van der Waals surface area contributed by atoms with E-state index in [1.807, 2.05) is 30.3 Å². The van der Waals surface area contributed by atoms with Gasteiger partial charge in [0.25, 0.3) is 5.91 Å². The first-order valence-electron chi connectivity index (χ1n) is 8.90. The van der Waals surface area contributed by atoms with Crippen molar-refractivity contribution in [1.82, 2.24) is 5.43 Å². The highest BCUT2D eigenvalue weighted by Crippen LogP contribution is 2.29. The number of amides is 1. The molecule has 3 aromatic carbocycles. The SMILES string of the molecule is O=C(NN=Cc1ccc(Cl)cc1Cl)c1ccc2c(c1)CN(c1ccc(Br)cc1)C2. The van der Waals surface area contributed by atoms with Crippen molar-refractivity contribution >= 4 is 56.9 Å². The molecule has 0 unspecified atom stereocenters. The summed E-state index contributed by atoms with van der Waals surface area (Å²) in [6.07, 6.45) is 1.50. The van der Waals surface area contributed by atoms with Gasteiger partial charge in [0.15, 0.2) is 0 Å². The molecule has 7 heteroatoms. The maximum Gasteiger partial charge on any atom is 0.271 e. The number of benzene rings is 3. The van der Waals surface area contributed by atoms with Crippen molar-refractivity contribution in [3.05, 3.63) is 97.4 Å². The summed E-state index contributed by atoms with van der Waals surface area (Å²) >= 11 is 15.4. The molecule has 0 atom stereocenters. The van der Waals surface area contributed by atoms with Crippen molar-refractivity contribution in [1.29, 1.82) is 0 Å². The minimum absolute atomic E-state index is 0.267. The summed E-state index contributed by atoms with van der Waals surface area (Å²) in [5.74, 6) is -0.267. The van der Waals surface area contributed by atoms with Gasteiger partial charge in [0.05, 0.1) is 11.2 Å². The fourth-order valence-corrected chi connectivity index (χ4v) is 3.92. The molecule has 0 bridgehead atoms. The molecule has 0 aliphatic carbocycles. The second kappa shape index (κ2) is 8.57. The Kier molecular flexibility index (Phi) is 5.90. The van der Waals surface area contributed by atoms with Crippen LogP contribution in [0.2, 0.25) is 10.0 Å². The van der Waals surface area contributed by atoms with Crippen LogP contribution in [-0.2, 0) is 13.1 Å². The lowest BCUT2D eigenvalue weighted by molar-refractivity contribution is 0.0955. The van der Waals surface area contributed by atoms with Gasteiger partial charge in [0.2, 0.25) is 0 Å². The van der Waals surface area contributed by atoms with Crippen LogP contribution in [0.4, 0.5) is 5.69 Å². The van der Waals surface area contributed by atoms with Gasteiger partial charge < -0.3 is 4.90 Å². The highest BCUT2D eigenvalue weighted by atomic mass is 79.9. The van der Waals surface area contributed by atoms with Crippen LogP contribution in [0, 0.1) is 0 Å². The number of hydrogen-bond donors (Lipinski definition) is 1. The zero-order valence-corrected chi connectivity index (χ0v) is 18.3. The average molecular weight is 489 g/mol. The Balaban J connectivity index is 1.43. The van der Waals surface area contributed by atoms with E-state index in [0.29, 0.717) is 21.2 Å². The standard InChI is InChI=1S/C22H16BrCl2N3O/c23-18-4-7-20(8-5-18)28-12-16-2-1-14(9-17(16)13-28)22(29)27-26-11-15-3-6-19(24)10-21(15)25/h1-11H,12-13H2,(H,27,29). The van der Waals surface area contributed by atoms with E-state index >= 15 is 0 Å². The third-order valence-corrected chi connectivity index (χ3v) is 5.81. The van der Waals surface area contributed by atoms with Crippen molar-refractivity contribution in [3.63, 3.8) is 0 Å². The smallest absolute Gasteiger partial charge is 0.271 e. The van der Waals surface area contributed by atoms with Gasteiger partial charge in [0, 0.05) is 39.4 Å². The topological polar surface area (TPSA) is 44.7 Å². The van der Waals surface area contributed by atoms with Gasteiger partial charge in [-0.3, -0.25) is 4.79 Å². The Morgan fingerprint density at radius 2 is 1.76 bits per heavy atom. The molecule has 3 aromatic rings. The Morgan fingerprint density at radius 3 is 2.52 bits per heavy atom. The monoisotopic (exact) mass is 487 g/mol. The lowest BCUT2D eigenvalue weighted by Crippen LogP contribution is -2.18. The number of hydrogen-bond acceptors (Lipinski definition) is 3. The van der Waals surface area contributed by atoms with Crippen LogP contribution in [0.5, 0.6) is 0 Å². The van der Waals surface area contributed by atoms with Crippen molar-refractivity contribution in [2.45, 2.75) is 13.1 Å². The summed E-state index contributed by atoms with van der Waals surface area (Å²) in [6.45, 7) is 1.59. The predicted octanol–water partition coefficient (Wildman–Crippen LogP) is 6.04. The van der Waals surface area contributed by atoms with E-state index in [0.717, 1.165) is 28.8 Å². The molecule has 0 saturated heterocycles. The molecule has 0 radical (unpaired) electrons. The zero-order valence-electron chi connectivity index (χ0n) is 15.2. The van der Waals surface area contributed by atoms with E-state index in [9.17, 15) is 4.79 Å². The van der Waals surface area contributed by atoms with Gasteiger partial charge >= 0.3 is 0 Å². The van der Waals surface area contributed by atoms with E-state index in [-0.39, 0.29) is 5.91 Å². The van der Waals surface area contributed by atoms with Gasteiger partial charge in [0.1, 0.15) is 0 Å². The van der Waals surface area contributed by atoms with E-state index < -0.39 is 0 Å². The highest BCUT2D eigenvalue weighted by molar-refractivity contribution is 9.10. The Morgan fingerprint density at radius 1 is 1.00 bits per heavy atom. The molecule has 1 N–H and O–H groups in total. The molecule has 4 nitrogen and oxygen atoms in total. The first-order chi connectivity index (χ1) is 14.0. The van der Waals surface area contributed by atoms with Crippen LogP contribution in [0.25, 0.3) is 0 Å². The molecule has 1 aliphatic heterocycles. The van der Waals surface area contributed by atoms with Crippen LogP contribution in [-0.4, -0.2) is 12.1 Å². The number of hydrazone groups is 1. The molecule has 0 spiro atoms. The molecule has 1 aliphatic rings. The lowest BCUT2D eigenvalue weighted by Gasteiger charge is -2.17. The van der Waals surface area contributed by atoms with E-state index in [2.05, 4.69) is 43.5 Å². The Labute approximate surface area is 187 Å². The van der Waals surface area contributed by atoms with Crippen molar-refractivity contribution in [2.24, 2.45) is 5.10 Å². The fourth-order valence-electron chi connectivity index (χ4n) is 3.20. The molecular formula is C22H16BrCl2N3O. The van der Waals surface area contributed by atoms with Crippen molar-refractivity contribution < 1.29 is 4.79 Å². The number of carbonyl (C=O) groups is 1. The lowest BCUT2D eigenvalue weighted by atomic mass is 10.1. The molecule has 0 fully saturated rings. The van der Waals surface area contributed by atoms with Crippen LogP contribution < -0.4 is 10.3 Å². The second-order valence-electron chi connectivity index (χ2n) is 6.68. The highest BCUT2D eigenvalue weighted by Gasteiger charge is 2.20. The molecule has 0 saturated carbocycles. The summed E-state index contributed by atoms with van der Waals surface area (Å²) in [5.41, 5.74) is 7.32. The number of carbonyl (C=O) groups excluding carboxylic acids is 1. The van der Waals surface area contributed by atoms with Gasteiger partial charge in [-0.2, -0.15) is 5.10 Å². The first kappa shape index (κ1) is 20.0. The molecule has 0 aromatic heterocycles. The van der Waals surface area contributed by atoms with Crippen LogP contribution in [0.1, 0.15) is 27.0 Å². The number of nitrogens with one attached hydrogen (secondary N) is 1. The van der Waals surface area contributed by atoms with Gasteiger partial charge in [-0.15, -0.1) is 0 Å². The van der Waals surface area contributed by atoms with E-state index in [1.165, 1.54) is 11.8 Å². The second-order valence-corrected chi connectivity index (χ2v) is 8.44. The van der Waals surface area contributed by atoms with Crippen molar-refractivity contribution in [2.75, 3.05) is 4.90 Å². The molecule has 4 rings (SSSR count). The third-order valence-electron chi connectivity index (χ3n) is 4.71. The van der Waals surface area contributed by atoms with Gasteiger partial charge in [-0.25, -0.2) is 5.43 Å². The normalized spacial score (nSPS) is 13.0. The summed E-state index contributed by atoms with van der Waals surface area (Å²) < 4.78 is 1.05. The zero-order chi connectivity index (χ0) is 20.4. The van der Waals surface area contributed by atoms with Crippen LogP contribution >= 0.6 is 39.1 Å². The predicted molar refractivity (Wildman–Crippen MR) is 122 cm³/mol. The third kappa shape index (κ3) is 4.64. The Bertz CT molecular complexity index is 1100. The molecule has 1 amide bonds. The average Bonchev–Trinajstić information content (AvgIpc) is 3.13. The Hall–Kier alpha value is -2.34. The summed E-state index contributed by atoms with van der Waals surface area (Å²) in [6, 6.07) is 19.1. The van der Waals surface area contributed by atoms with Crippen LogP contribution in [0.15, 0.2) is 70.2 Å². The number of anilines is 1. The van der Waals surface area contributed by atoms with E-state index in [4.69, 9.17) is 23.2 Å². The van der Waals surface area contributed by atoms with E-state index in [1.54, 1.807) is 18.2 Å². The summed E-state index contributed by atoms with van der Waals surface area (Å²) in [7, 11) is 0. The summed E-state index contributed by atoms with van der Waals surface area (Å²) in [5, 5.41) is 5.03. The number of halogens is 3. The fraction of sp³-hybridized carbons (Fsp3) is 0.0909. The number of rotatable bonds is 4. The quantitative estimate of drug-likeness (QED) is 0.359. The van der Waals surface area contributed by atoms with Gasteiger partial charge in [-0.05, 0) is 59.7 Å². The van der Waals surface area contributed by atoms with Gasteiger partial charge in [-0.1, -0.05) is 51.3 Å². The number of nitrogens with zero attached hydrogens (tertiary/aromatic N) is 2. The molecular weight excluding hydrogens is 473 g/mol. The summed E-state index contributed by atoms with van der Waals surface area (Å²) in [4.78, 5) is 14.7. The van der Waals surface area contributed by atoms with Crippen molar-refractivity contribution in [3.8, 4) is 0 Å². The minimum atomic E-state index is -0.267.